The summed E-state index contributed by atoms with van der Waals surface area (Å²) >= 11 is 0. The van der Waals surface area contributed by atoms with Crippen LogP contribution < -0.4 is 5.32 Å². The van der Waals surface area contributed by atoms with E-state index in [4.69, 9.17) is 0 Å². The number of sulfone groups is 1. The third-order valence-corrected chi connectivity index (χ3v) is 8.40. The van der Waals surface area contributed by atoms with Crippen molar-refractivity contribution in [3.8, 4) is 0 Å². The van der Waals surface area contributed by atoms with Crippen LogP contribution in [-0.2, 0) is 28.9 Å². The lowest BCUT2D eigenvalue weighted by Gasteiger charge is -2.17. The van der Waals surface area contributed by atoms with Crippen LogP contribution in [0.1, 0.15) is 58.3 Å². The molecule has 2 aromatic carbocycles. The number of carbonyl (C=O) groups is 1. The number of hydrogen-bond donors (Lipinski definition) is 2. The normalized spacial score (nSPS) is 13.0. The quantitative estimate of drug-likeness (QED) is 0.276. The van der Waals surface area contributed by atoms with Gasteiger partial charge in [0.15, 0.2) is 9.84 Å². The van der Waals surface area contributed by atoms with E-state index < -0.39 is 46.0 Å². The van der Waals surface area contributed by atoms with Crippen molar-refractivity contribution in [1.29, 1.82) is 0 Å². The molecule has 4 aromatic rings. The van der Waals surface area contributed by atoms with Crippen LogP contribution in [0.2, 0.25) is 0 Å². The van der Waals surface area contributed by atoms with Gasteiger partial charge < -0.3 is 14.8 Å². The summed E-state index contributed by atoms with van der Waals surface area (Å²) in [5.74, 6) is -1.58. The third-order valence-electron chi connectivity index (χ3n) is 6.65. The number of fused-ring (bicyclic) bond motifs is 1. The van der Waals surface area contributed by atoms with Gasteiger partial charge in [0.2, 0.25) is 0 Å². The van der Waals surface area contributed by atoms with Gasteiger partial charge >= 0.3 is 6.18 Å². The summed E-state index contributed by atoms with van der Waals surface area (Å²) in [5.41, 5.74) is 0.874. The van der Waals surface area contributed by atoms with Crippen LogP contribution in [0, 0.1) is 5.82 Å². The van der Waals surface area contributed by atoms with E-state index in [9.17, 15) is 35.9 Å². The molecule has 0 bridgehead atoms. The molecule has 7 nitrogen and oxygen atoms in total. The molecule has 0 aliphatic rings. The molecular formula is C28H27F4N3O4S. The molecule has 2 aromatic heterocycles. The van der Waals surface area contributed by atoms with Gasteiger partial charge in [-0.05, 0) is 53.9 Å². The molecule has 0 radical (unpaired) electrons. The number of aliphatic hydroxyl groups excluding tert-OH is 1. The van der Waals surface area contributed by atoms with Gasteiger partial charge in [0, 0.05) is 23.9 Å². The number of rotatable bonds is 9. The Kier molecular flexibility index (Phi) is 8.31. The number of carbonyl (C=O) groups excluding carboxylic acids is 1. The summed E-state index contributed by atoms with van der Waals surface area (Å²) in [6.07, 6.45) is -2.88. The van der Waals surface area contributed by atoms with Crippen molar-refractivity contribution in [2.45, 2.75) is 43.8 Å². The maximum absolute atomic E-state index is 13.6. The zero-order valence-electron chi connectivity index (χ0n) is 21.7. The zero-order chi connectivity index (χ0) is 29.2. The fourth-order valence-corrected chi connectivity index (χ4v) is 5.38. The molecule has 2 N–H and O–H groups in total. The van der Waals surface area contributed by atoms with Gasteiger partial charge in [-0.1, -0.05) is 32.0 Å². The van der Waals surface area contributed by atoms with Crippen LogP contribution in [0.25, 0.3) is 5.65 Å². The predicted molar refractivity (Wildman–Crippen MR) is 140 cm³/mol. The number of benzene rings is 2. The van der Waals surface area contributed by atoms with Gasteiger partial charge in [-0.3, -0.25) is 4.79 Å². The number of aromatic nitrogens is 2. The van der Waals surface area contributed by atoms with Gasteiger partial charge in [-0.2, -0.15) is 13.2 Å². The van der Waals surface area contributed by atoms with Crippen molar-refractivity contribution in [1.82, 2.24) is 14.7 Å². The molecule has 40 heavy (non-hydrogen) atoms. The van der Waals surface area contributed by atoms with Crippen molar-refractivity contribution < 1.29 is 35.9 Å². The minimum atomic E-state index is -4.73. The van der Waals surface area contributed by atoms with Gasteiger partial charge in [0.05, 0.1) is 34.6 Å². The summed E-state index contributed by atoms with van der Waals surface area (Å²) in [6, 6.07) is 10.6. The summed E-state index contributed by atoms with van der Waals surface area (Å²) in [5, 5.41) is 12.6. The zero-order valence-corrected chi connectivity index (χ0v) is 22.5. The van der Waals surface area contributed by atoms with Crippen LogP contribution in [-0.4, -0.2) is 41.2 Å². The average molecular weight is 578 g/mol. The fourth-order valence-electron chi connectivity index (χ4n) is 4.50. The van der Waals surface area contributed by atoms with Gasteiger partial charge in [0.25, 0.3) is 5.91 Å². The Morgan fingerprint density at radius 3 is 2.38 bits per heavy atom. The van der Waals surface area contributed by atoms with Crippen LogP contribution in [0.3, 0.4) is 0 Å². The molecular weight excluding hydrogens is 550 g/mol. The standard InChI is InChI=1S/C28H27F4N3O4S/c1-3-25-23(13-18-5-8-20(29)15-22(18)28(30,31)32)33-26-14-19(11-12-35(25)26)27(37)34-24(16-36)17-6-9-21(10-7-17)40(38,39)4-2/h5-12,14-15,24,36H,3-4,13,16H2,1-2H3,(H,34,37)/t24-/m0/s1. The Bertz CT molecular complexity index is 1650. The second-order valence-electron chi connectivity index (χ2n) is 9.16. The number of aliphatic hydroxyl groups is 1. The SMILES string of the molecule is CCc1c(Cc2ccc(F)cc2C(F)(F)F)nc2cc(C(=O)N[C@@H](CO)c3ccc(S(=O)(=O)CC)cc3)ccn12. The lowest BCUT2D eigenvalue weighted by molar-refractivity contribution is -0.138. The smallest absolute Gasteiger partial charge is 0.394 e. The minimum absolute atomic E-state index is 0.0579. The number of aryl methyl sites for hydroxylation is 1. The molecule has 0 saturated carbocycles. The summed E-state index contributed by atoms with van der Waals surface area (Å²) in [6.45, 7) is 2.91. The van der Waals surface area contributed by atoms with Crippen LogP contribution in [0.4, 0.5) is 17.6 Å². The van der Waals surface area contributed by atoms with E-state index in [2.05, 4.69) is 10.3 Å². The lowest BCUT2D eigenvalue weighted by Crippen LogP contribution is -2.30. The van der Waals surface area contributed by atoms with E-state index in [1.807, 2.05) is 6.92 Å². The molecule has 0 unspecified atom stereocenters. The van der Waals surface area contributed by atoms with E-state index >= 15 is 0 Å². The molecule has 1 amide bonds. The Morgan fingerprint density at radius 1 is 1.07 bits per heavy atom. The Morgan fingerprint density at radius 2 is 1.77 bits per heavy atom. The highest BCUT2D eigenvalue weighted by Gasteiger charge is 2.34. The summed E-state index contributed by atoms with van der Waals surface area (Å²) in [7, 11) is -3.40. The number of alkyl halides is 3. The minimum Gasteiger partial charge on any atom is -0.394 e. The number of nitrogens with one attached hydrogen (secondary N) is 1. The van der Waals surface area contributed by atoms with E-state index in [0.29, 0.717) is 35.1 Å². The number of hydrogen-bond acceptors (Lipinski definition) is 5. The maximum atomic E-state index is 13.6. The van der Waals surface area contributed by atoms with E-state index in [0.717, 1.165) is 12.1 Å². The predicted octanol–water partition coefficient (Wildman–Crippen LogP) is 4.90. The Hall–Kier alpha value is -3.77. The third kappa shape index (κ3) is 6.02. The van der Waals surface area contributed by atoms with Gasteiger partial charge in [-0.15, -0.1) is 0 Å². The monoisotopic (exact) mass is 577 g/mol. The second-order valence-corrected chi connectivity index (χ2v) is 11.4. The first-order valence-corrected chi connectivity index (χ1v) is 14.1. The molecule has 0 saturated heterocycles. The van der Waals surface area contributed by atoms with Gasteiger partial charge in [-0.25, -0.2) is 17.8 Å². The molecule has 1 atom stereocenters. The molecule has 2 heterocycles. The van der Waals surface area contributed by atoms with Crippen molar-refractivity contribution in [3.63, 3.8) is 0 Å². The Labute approximate surface area is 228 Å². The molecule has 0 fully saturated rings. The van der Waals surface area contributed by atoms with Crippen LogP contribution >= 0.6 is 0 Å². The number of nitrogens with zero attached hydrogens (tertiary/aromatic N) is 2. The number of amides is 1. The highest BCUT2D eigenvalue weighted by Crippen LogP contribution is 2.34. The first-order valence-electron chi connectivity index (χ1n) is 12.5. The largest absolute Gasteiger partial charge is 0.416 e. The Balaban J connectivity index is 1.60. The van der Waals surface area contributed by atoms with Crippen molar-refractivity contribution in [2.75, 3.05) is 12.4 Å². The maximum Gasteiger partial charge on any atom is 0.416 e. The van der Waals surface area contributed by atoms with Crippen LogP contribution in [0.5, 0.6) is 0 Å². The van der Waals surface area contributed by atoms with E-state index in [1.54, 1.807) is 10.6 Å². The summed E-state index contributed by atoms with van der Waals surface area (Å²) < 4.78 is 79.9. The first-order chi connectivity index (χ1) is 18.9. The number of imidazole rings is 1. The van der Waals surface area contributed by atoms with E-state index in [1.165, 1.54) is 43.3 Å². The first kappa shape index (κ1) is 29.2. The van der Waals surface area contributed by atoms with Crippen molar-refractivity contribution >= 4 is 21.4 Å². The van der Waals surface area contributed by atoms with Crippen LogP contribution in [0.15, 0.2) is 65.7 Å². The number of pyridine rings is 1. The van der Waals surface area contributed by atoms with Crippen molar-refractivity contribution in [2.24, 2.45) is 0 Å². The fraction of sp³-hybridized carbons (Fsp3) is 0.286. The molecule has 4 rings (SSSR count). The molecule has 0 aliphatic carbocycles. The highest BCUT2D eigenvalue weighted by atomic mass is 32.2. The average Bonchev–Trinajstić information content (AvgIpc) is 3.28. The lowest BCUT2D eigenvalue weighted by atomic mass is 10.0. The summed E-state index contributed by atoms with van der Waals surface area (Å²) in [4.78, 5) is 17.6. The number of halogens is 4. The van der Waals surface area contributed by atoms with E-state index in [-0.39, 0.29) is 28.2 Å². The molecule has 12 heteroatoms. The highest BCUT2D eigenvalue weighted by molar-refractivity contribution is 7.91. The molecule has 0 aliphatic heterocycles. The molecule has 0 spiro atoms. The molecule has 212 valence electrons. The second kappa shape index (κ2) is 11.4. The topological polar surface area (TPSA) is 101 Å². The van der Waals surface area contributed by atoms with Gasteiger partial charge in [0.1, 0.15) is 11.5 Å². The van der Waals surface area contributed by atoms with Crippen molar-refractivity contribution in [3.05, 3.63) is 100 Å².